The molecule has 0 aromatic carbocycles. The van der Waals surface area contributed by atoms with Gasteiger partial charge in [0.05, 0.1) is 11.8 Å². The summed E-state index contributed by atoms with van der Waals surface area (Å²) < 4.78 is 0. The lowest BCUT2D eigenvalue weighted by atomic mass is 9.94. The van der Waals surface area contributed by atoms with Crippen LogP contribution < -0.4 is 10.6 Å². The van der Waals surface area contributed by atoms with Gasteiger partial charge in [-0.15, -0.1) is 0 Å². The zero-order valence-corrected chi connectivity index (χ0v) is 15.0. The highest BCUT2D eigenvalue weighted by molar-refractivity contribution is 5.84. The van der Waals surface area contributed by atoms with Crippen LogP contribution in [0, 0.1) is 17.8 Å². The van der Waals surface area contributed by atoms with Crippen molar-refractivity contribution in [2.45, 2.75) is 32.4 Å². The van der Waals surface area contributed by atoms with Crippen LogP contribution in [0.3, 0.4) is 0 Å². The van der Waals surface area contributed by atoms with E-state index in [-0.39, 0.29) is 19.5 Å². The Morgan fingerprint density at radius 3 is 1.74 bits per heavy atom. The SMILES string of the molecule is CC(=O)C[C@H](NCC(C=O)[C@H](NCC(C=O)[C@H](C)C(=O)O)C(=O)O)C(=O)O. The van der Waals surface area contributed by atoms with Crippen molar-refractivity contribution in [3.63, 3.8) is 0 Å². The maximum atomic E-state index is 11.4. The average molecular weight is 388 g/mol. The second kappa shape index (κ2) is 11.9. The topological polar surface area (TPSA) is 187 Å². The lowest BCUT2D eigenvalue weighted by molar-refractivity contribution is -0.144. The molecule has 2 unspecified atom stereocenters. The molecule has 11 nitrogen and oxygen atoms in total. The standard InChI is InChI=1S/C16H24N2O9/c1-8(21)3-12(15(24)25)17-5-11(7-20)13(16(26)27)18-4-10(6-19)9(2)14(22)23/h6-7,9-13,17-18H,3-5H2,1-2H3,(H,22,23)(H,24,25)(H,26,27)/t9-,10?,11?,12-,13-/m0/s1. The van der Waals surface area contributed by atoms with E-state index in [1.54, 1.807) is 0 Å². The number of nitrogens with one attached hydrogen (secondary N) is 2. The number of carbonyl (C=O) groups excluding carboxylic acids is 3. The van der Waals surface area contributed by atoms with Gasteiger partial charge in [-0.3, -0.25) is 19.2 Å². The molecule has 0 fully saturated rings. The van der Waals surface area contributed by atoms with Crippen LogP contribution in [0.5, 0.6) is 0 Å². The smallest absolute Gasteiger partial charge is 0.321 e. The van der Waals surface area contributed by atoms with Gasteiger partial charge in [0.25, 0.3) is 0 Å². The van der Waals surface area contributed by atoms with E-state index < -0.39 is 53.5 Å². The first-order valence-corrected chi connectivity index (χ1v) is 8.10. The number of Topliss-reactive ketones (excluding diaryl/α,β-unsaturated/α-hetero) is 1. The lowest BCUT2D eigenvalue weighted by Crippen LogP contribution is -2.51. The summed E-state index contributed by atoms with van der Waals surface area (Å²) in [6.45, 7) is 1.84. The van der Waals surface area contributed by atoms with Gasteiger partial charge in [0, 0.05) is 25.4 Å². The summed E-state index contributed by atoms with van der Waals surface area (Å²) >= 11 is 0. The summed E-state index contributed by atoms with van der Waals surface area (Å²) in [5, 5.41) is 32.2. The lowest BCUT2D eigenvalue weighted by Gasteiger charge is -2.24. The second-order valence-electron chi connectivity index (χ2n) is 6.16. The molecule has 0 saturated heterocycles. The van der Waals surface area contributed by atoms with E-state index in [2.05, 4.69) is 10.6 Å². The van der Waals surface area contributed by atoms with Crippen LogP contribution >= 0.6 is 0 Å². The molecular weight excluding hydrogens is 364 g/mol. The first-order valence-electron chi connectivity index (χ1n) is 8.10. The van der Waals surface area contributed by atoms with Gasteiger partial charge in [0.1, 0.15) is 30.4 Å². The third-order valence-electron chi connectivity index (χ3n) is 4.04. The third-order valence-corrected chi connectivity index (χ3v) is 4.04. The van der Waals surface area contributed by atoms with Gasteiger partial charge in [-0.2, -0.15) is 0 Å². The van der Waals surface area contributed by atoms with E-state index >= 15 is 0 Å². The van der Waals surface area contributed by atoms with Gasteiger partial charge < -0.3 is 35.5 Å². The molecule has 0 aliphatic rings. The van der Waals surface area contributed by atoms with Crippen LogP contribution in [0.1, 0.15) is 20.3 Å². The molecule has 27 heavy (non-hydrogen) atoms. The largest absolute Gasteiger partial charge is 0.481 e. The molecule has 0 bridgehead atoms. The van der Waals surface area contributed by atoms with Crippen molar-refractivity contribution in [2.75, 3.05) is 13.1 Å². The van der Waals surface area contributed by atoms with Crippen LogP contribution in [0.4, 0.5) is 0 Å². The Bertz CT molecular complexity index is 578. The number of hydrogen-bond donors (Lipinski definition) is 5. The Hall–Kier alpha value is -2.66. The van der Waals surface area contributed by atoms with Gasteiger partial charge >= 0.3 is 17.9 Å². The molecule has 0 radical (unpaired) electrons. The quantitative estimate of drug-likeness (QED) is 0.203. The summed E-state index contributed by atoms with van der Waals surface area (Å²) in [7, 11) is 0. The molecule has 0 heterocycles. The minimum absolute atomic E-state index is 0.298. The van der Waals surface area contributed by atoms with Gasteiger partial charge in [0.15, 0.2) is 0 Å². The molecule has 0 saturated carbocycles. The Labute approximate surface area is 155 Å². The zero-order valence-electron chi connectivity index (χ0n) is 15.0. The van der Waals surface area contributed by atoms with Crippen molar-refractivity contribution < 1.29 is 44.1 Å². The van der Waals surface area contributed by atoms with Crippen LogP contribution in [0.25, 0.3) is 0 Å². The summed E-state index contributed by atoms with van der Waals surface area (Å²) in [5.74, 6) is -7.70. The average Bonchev–Trinajstić information content (AvgIpc) is 2.58. The fourth-order valence-corrected chi connectivity index (χ4v) is 2.27. The summed E-state index contributed by atoms with van der Waals surface area (Å²) in [5.41, 5.74) is 0. The minimum atomic E-state index is -1.48. The van der Waals surface area contributed by atoms with Crippen molar-refractivity contribution in [2.24, 2.45) is 17.8 Å². The second-order valence-corrected chi connectivity index (χ2v) is 6.16. The van der Waals surface area contributed by atoms with Gasteiger partial charge in [-0.05, 0) is 6.92 Å². The molecular formula is C16H24N2O9. The molecule has 0 aliphatic heterocycles. The molecule has 0 rings (SSSR count). The molecule has 0 aromatic rings. The first-order chi connectivity index (χ1) is 12.5. The van der Waals surface area contributed by atoms with Crippen LogP contribution in [0.15, 0.2) is 0 Å². The van der Waals surface area contributed by atoms with Gasteiger partial charge in [-0.25, -0.2) is 0 Å². The Kier molecular flexibility index (Phi) is 10.7. The maximum Gasteiger partial charge on any atom is 0.321 e. The Morgan fingerprint density at radius 2 is 1.37 bits per heavy atom. The molecule has 5 atom stereocenters. The highest BCUT2D eigenvalue weighted by atomic mass is 16.4. The number of hydrogen-bond acceptors (Lipinski definition) is 8. The number of ketones is 1. The summed E-state index contributed by atoms with van der Waals surface area (Å²) in [6, 6.07) is -2.76. The molecule has 0 aromatic heterocycles. The Balaban J connectivity index is 5.07. The van der Waals surface area contributed by atoms with E-state index in [9.17, 15) is 33.9 Å². The predicted octanol–water partition coefficient (Wildman–Crippen LogP) is -1.60. The highest BCUT2D eigenvalue weighted by Gasteiger charge is 2.31. The normalized spacial score (nSPS) is 16.4. The molecule has 0 amide bonds. The summed E-state index contributed by atoms with van der Waals surface area (Å²) in [4.78, 5) is 66.9. The monoisotopic (exact) mass is 388 g/mol. The molecule has 0 spiro atoms. The minimum Gasteiger partial charge on any atom is -0.481 e. The van der Waals surface area contributed by atoms with Crippen molar-refractivity contribution in [1.29, 1.82) is 0 Å². The third kappa shape index (κ3) is 8.51. The molecule has 152 valence electrons. The van der Waals surface area contributed by atoms with Crippen molar-refractivity contribution in [3.05, 3.63) is 0 Å². The number of rotatable bonds is 15. The Morgan fingerprint density at radius 1 is 0.852 bits per heavy atom. The van der Waals surface area contributed by atoms with E-state index in [0.717, 1.165) is 0 Å². The van der Waals surface area contributed by atoms with Crippen molar-refractivity contribution in [1.82, 2.24) is 10.6 Å². The fourth-order valence-electron chi connectivity index (χ4n) is 2.27. The maximum absolute atomic E-state index is 11.4. The van der Waals surface area contributed by atoms with E-state index in [1.807, 2.05) is 0 Å². The van der Waals surface area contributed by atoms with E-state index in [1.165, 1.54) is 13.8 Å². The van der Waals surface area contributed by atoms with Crippen LogP contribution in [-0.2, 0) is 28.8 Å². The summed E-state index contributed by atoms with van der Waals surface area (Å²) in [6.07, 6.45) is 0.351. The van der Waals surface area contributed by atoms with Crippen LogP contribution in [-0.4, -0.2) is 76.8 Å². The number of aldehydes is 2. The number of aliphatic carboxylic acids is 3. The van der Waals surface area contributed by atoms with Crippen LogP contribution in [0.2, 0.25) is 0 Å². The number of carboxylic acid groups (broad SMARTS) is 3. The first kappa shape index (κ1) is 24.3. The van der Waals surface area contributed by atoms with Crippen molar-refractivity contribution in [3.8, 4) is 0 Å². The molecule has 11 heteroatoms. The van der Waals surface area contributed by atoms with Crippen molar-refractivity contribution >= 4 is 36.3 Å². The molecule has 0 aliphatic carbocycles. The fraction of sp³-hybridized carbons (Fsp3) is 0.625. The van der Waals surface area contributed by atoms with Gasteiger partial charge in [-0.1, -0.05) is 6.92 Å². The number of carboxylic acids is 3. The highest BCUT2D eigenvalue weighted by Crippen LogP contribution is 2.10. The van der Waals surface area contributed by atoms with E-state index in [4.69, 9.17) is 10.2 Å². The zero-order chi connectivity index (χ0) is 21.1. The van der Waals surface area contributed by atoms with E-state index in [0.29, 0.717) is 12.6 Å². The number of carbonyl (C=O) groups is 6. The molecule has 5 N–H and O–H groups in total. The predicted molar refractivity (Wildman–Crippen MR) is 90.1 cm³/mol. The van der Waals surface area contributed by atoms with Gasteiger partial charge in [0.2, 0.25) is 0 Å².